The molecule has 0 spiro atoms. The fourth-order valence-corrected chi connectivity index (χ4v) is 3.19. The molecule has 2 aromatic rings. The van der Waals surface area contributed by atoms with Gasteiger partial charge in [0.2, 0.25) is 0 Å². The maximum absolute atomic E-state index is 5.98. The average Bonchev–Trinajstić information content (AvgIpc) is 2.43. The van der Waals surface area contributed by atoms with Crippen molar-refractivity contribution in [2.45, 2.75) is 0 Å². The van der Waals surface area contributed by atoms with Gasteiger partial charge in [0, 0.05) is 15.5 Å². The van der Waals surface area contributed by atoms with Crippen LogP contribution in [0.1, 0.15) is 0 Å². The zero-order chi connectivity index (χ0) is 9.59. The van der Waals surface area contributed by atoms with Gasteiger partial charge in [0.1, 0.15) is 0 Å². The molecule has 0 aliphatic carbocycles. The Kier molecular flexibility index (Phi) is 2.65. The summed E-state index contributed by atoms with van der Waals surface area (Å²) in [7, 11) is 0. The van der Waals surface area contributed by atoms with Crippen LogP contribution in [-0.2, 0) is 0 Å². The SMILES string of the molecule is Clc1cc2scc(Cl)c2c(Cl)c1Cl. The van der Waals surface area contributed by atoms with Gasteiger partial charge in [0.15, 0.2) is 0 Å². The normalized spacial score (nSPS) is 11.1. The van der Waals surface area contributed by atoms with E-state index < -0.39 is 0 Å². The molecule has 68 valence electrons. The van der Waals surface area contributed by atoms with E-state index in [4.69, 9.17) is 46.4 Å². The molecule has 5 heteroatoms. The molecule has 0 atom stereocenters. The molecule has 0 bridgehead atoms. The van der Waals surface area contributed by atoms with E-state index in [0.29, 0.717) is 20.1 Å². The van der Waals surface area contributed by atoms with E-state index in [0.717, 1.165) is 10.1 Å². The van der Waals surface area contributed by atoms with Crippen molar-refractivity contribution >= 4 is 67.8 Å². The van der Waals surface area contributed by atoms with Crippen molar-refractivity contribution in [1.82, 2.24) is 0 Å². The molecule has 2 rings (SSSR count). The quantitative estimate of drug-likeness (QED) is 0.554. The molecule has 1 aromatic heterocycles. The number of benzene rings is 1. The summed E-state index contributed by atoms with van der Waals surface area (Å²) in [4.78, 5) is 0. The van der Waals surface area contributed by atoms with Gasteiger partial charge in [-0.3, -0.25) is 0 Å². The van der Waals surface area contributed by atoms with Crippen LogP contribution in [0.5, 0.6) is 0 Å². The zero-order valence-electron chi connectivity index (χ0n) is 6.07. The van der Waals surface area contributed by atoms with Crippen molar-refractivity contribution in [3.8, 4) is 0 Å². The number of hydrogen-bond donors (Lipinski definition) is 0. The van der Waals surface area contributed by atoms with Gasteiger partial charge in [-0.15, -0.1) is 11.3 Å². The predicted octanol–water partition coefficient (Wildman–Crippen LogP) is 5.51. The lowest BCUT2D eigenvalue weighted by molar-refractivity contribution is 1.83. The molecule has 1 heterocycles. The van der Waals surface area contributed by atoms with E-state index in [-0.39, 0.29) is 0 Å². The minimum Gasteiger partial charge on any atom is -0.142 e. The number of rotatable bonds is 0. The predicted molar refractivity (Wildman–Crippen MR) is 61.9 cm³/mol. The average molecular weight is 272 g/mol. The first-order chi connectivity index (χ1) is 6.11. The van der Waals surface area contributed by atoms with E-state index in [2.05, 4.69) is 0 Å². The summed E-state index contributed by atoms with van der Waals surface area (Å²) < 4.78 is 0.949. The standard InChI is InChI=1S/C8H2Cl4S/c9-3-1-5-6(4(10)2-13-5)8(12)7(3)11/h1-2H. The van der Waals surface area contributed by atoms with Gasteiger partial charge in [-0.05, 0) is 6.07 Å². The zero-order valence-corrected chi connectivity index (χ0v) is 9.92. The summed E-state index contributed by atoms with van der Waals surface area (Å²) in [6.45, 7) is 0. The molecule has 0 saturated heterocycles. The number of thiophene rings is 1. The van der Waals surface area contributed by atoms with Crippen molar-refractivity contribution in [2.24, 2.45) is 0 Å². The van der Waals surface area contributed by atoms with Crippen molar-refractivity contribution in [2.75, 3.05) is 0 Å². The lowest BCUT2D eigenvalue weighted by Gasteiger charge is -2.00. The molecule has 0 fully saturated rings. The van der Waals surface area contributed by atoms with Crippen LogP contribution in [-0.4, -0.2) is 0 Å². The van der Waals surface area contributed by atoms with Crippen LogP contribution in [0.4, 0.5) is 0 Å². The van der Waals surface area contributed by atoms with Gasteiger partial charge in [0.25, 0.3) is 0 Å². The van der Waals surface area contributed by atoms with Gasteiger partial charge in [-0.1, -0.05) is 46.4 Å². The summed E-state index contributed by atoms with van der Waals surface area (Å²) in [5.41, 5.74) is 0. The van der Waals surface area contributed by atoms with Crippen LogP contribution in [0.3, 0.4) is 0 Å². The van der Waals surface area contributed by atoms with Crippen LogP contribution < -0.4 is 0 Å². The molecule has 0 radical (unpaired) electrons. The fourth-order valence-electron chi connectivity index (χ4n) is 1.06. The fraction of sp³-hybridized carbons (Fsp3) is 0. The first-order valence-electron chi connectivity index (χ1n) is 3.31. The Morgan fingerprint density at radius 3 is 2.31 bits per heavy atom. The Morgan fingerprint density at radius 2 is 1.62 bits per heavy atom. The molecule has 0 amide bonds. The molecule has 0 saturated carbocycles. The second-order valence-corrected chi connectivity index (χ2v) is 4.92. The third-order valence-electron chi connectivity index (χ3n) is 1.65. The van der Waals surface area contributed by atoms with Crippen molar-refractivity contribution in [3.63, 3.8) is 0 Å². The molecular formula is C8H2Cl4S. The van der Waals surface area contributed by atoms with Gasteiger partial charge in [-0.2, -0.15) is 0 Å². The van der Waals surface area contributed by atoms with E-state index >= 15 is 0 Å². The summed E-state index contributed by atoms with van der Waals surface area (Å²) >= 11 is 25.1. The van der Waals surface area contributed by atoms with Crippen LogP contribution in [0.2, 0.25) is 20.1 Å². The molecule has 0 aliphatic heterocycles. The third kappa shape index (κ3) is 1.53. The Hall–Kier alpha value is 0.340. The molecule has 0 nitrogen and oxygen atoms in total. The molecule has 0 aliphatic rings. The van der Waals surface area contributed by atoms with Crippen molar-refractivity contribution in [3.05, 3.63) is 31.5 Å². The van der Waals surface area contributed by atoms with Crippen LogP contribution in [0.25, 0.3) is 10.1 Å². The maximum Gasteiger partial charge on any atom is 0.0786 e. The Labute approximate surface area is 99.0 Å². The highest BCUT2D eigenvalue weighted by Gasteiger charge is 2.12. The molecular weight excluding hydrogens is 270 g/mol. The van der Waals surface area contributed by atoms with Gasteiger partial charge >= 0.3 is 0 Å². The number of hydrogen-bond acceptors (Lipinski definition) is 1. The molecule has 1 aromatic carbocycles. The van der Waals surface area contributed by atoms with E-state index in [1.165, 1.54) is 11.3 Å². The lowest BCUT2D eigenvalue weighted by Crippen LogP contribution is -1.73. The summed E-state index contributed by atoms with van der Waals surface area (Å²) in [6, 6.07) is 1.77. The Morgan fingerprint density at radius 1 is 0.923 bits per heavy atom. The van der Waals surface area contributed by atoms with Crippen molar-refractivity contribution in [1.29, 1.82) is 0 Å². The highest BCUT2D eigenvalue weighted by atomic mass is 35.5. The van der Waals surface area contributed by atoms with Gasteiger partial charge in [0.05, 0.1) is 20.1 Å². The van der Waals surface area contributed by atoms with E-state index in [1.54, 1.807) is 6.07 Å². The summed E-state index contributed by atoms with van der Waals surface area (Å²) in [5.74, 6) is 0. The smallest absolute Gasteiger partial charge is 0.0786 e. The largest absolute Gasteiger partial charge is 0.142 e. The summed E-state index contributed by atoms with van der Waals surface area (Å²) in [5, 5.41) is 4.45. The molecule has 0 unspecified atom stereocenters. The first kappa shape index (κ1) is 9.88. The minimum absolute atomic E-state index is 0.358. The second-order valence-electron chi connectivity index (χ2n) is 2.44. The first-order valence-corrected chi connectivity index (χ1v) is 5.70. The van der Waals surface area contributed by atoms with Gasteiger partial charge in [-0.25, -0.2) is 0 Å². The summed E-state index contributed by atoms with van der Waals surface area (Å²) in [6.07, 6.45) is 0. The van der Waals surface area contributed by atoms with Gasteiger partial charge < -0.3 is 0 Å². The minimum atomic E-state index is 0.358. The van der Waals surface area contributed by atoms with E-state index in [1.807, 2.05) is 5.38 Å². The van der Waals surface area contributed by atoms with Crippen molar-refractivity contribution < 1.29 is 0 Å². The highest BCUT2D eigenvalue weighted by molar-refractivity contribution is 7.18. The topological polar surface area (TPSA) is 0 Å². The maximum atomic E-state index is 5.98. The lowest BCUT2D eigenvalue weighted by atomic mass is 10.2. The van der Waals surface area contributed by atoms with E-state index in [9.17, 15) is 0 Å². The Bertz CT molecular complexity index is 474. The molecule has 13 heavy (non-hydrogen) atoms. The Balaban J connectivity index is 2.97. The second kappa shape index (κ2) is 3.48. The number of halogens is 4. The van der Waals surface area contributed by atoms with Crippen LogP contribution in [0, 0.1) is 0 Å². The van der Waals surface area contributed by atoms with Crippen LogP contribution in [0.15, 0.2) is 11.4 Å². The third-order valence-corrected chi connectivity index (χ3v) is 4.27. The highest BCUT2D eigenvalue weighted by Crippen LogP contribution is 2.42. The number of fused-ring (bicyclic) bond motifs is 1. The monoisotopic (exact) mass is 270 g/mol. The van der Waals surface area contributed by atoms with Crippen LogP contribution >= 0.6 is 57.7 Å². The molecule has 0 N–H and O–H groups in total.